The molecular weight excluding hydrogens is 445 g/mol. The number of carbonyl (C=O) groups is 1. The van der Waals surface area contributed by atoms with E-state index in [9.17, 15) is 9.18 Å². The minimum Gasteiger partial charge on any atom is -0.485 e. The molecule has 2 heterocycles. The predicted octanol–water partition coefficient (Wildman–Crippen LogP) is 5.88. The first kappa shape index (κ1) is 22.4. The summed E-state index contributed by atoms with van der Waals surface area (Å²) < 4.78 is 26.9. The molecule has 0 saturated heterocycles. The minimum atomic E-state index is -0.434. The highest BCUT2D eigenvalue weighted by Gasteiger charge is 2.14. The van der Waals surface area contributed by atoms with Gasteiger partial charge in [0.15, 0.2) is 5.76 Å². The number of amides is 1. The molecule has 4 rings (SSSR count). The van der Waals surface area contributed by atoms with Crippen LogP contribution in [0.5, 0.6) is 5.75 Å². The number of furan rings is 1. The number of rotatable bonds is 9. The van der Waals surface area contributed by atoms with E-state index in [4.69, 9.17) is 20.8 Å². The molecule has 4 aromatic rings. The molecule has 0 aliphatic rings. The molecule has 33 heavy (non-hydrogen) atoms. The first-order valence-electron chi connectivity index (χ1n) is 10.2. The average molecular weight is 466 g/mol. The summed E-state index contributed by atoms with van der Waals surface area (Å²) in [6.07, 6.45) is 5.56. The Balaban J connectivity index is 1.36. The molecular formula is C25H21ClFN3O3. The van der Waals surface area contributed by atoms with E-state index >= 15 is 0 Å². The van der Waals surface area contributed by atoms with Crippen molar-refractivity contribution in [3.63, 3.8) is 0 Å². The van der Waals surface area contributed by atoms with Crippen LogP contribution >= 0.6 is 11.6 Å². The van der Waals surface area contributed by atoms with Gasteiger partial charge in [-0.25, -0.2) is 4.39 Å². The van der Waals surface area contributed by atoms with Crippen molar-refractivity contribution >= 4 is 23.2 Å². The maximum atomic E-state index is 14.0. The van der Waals surface area contributed by atoms with Crippen LogP contribution in [0.3, 0.4) is 0 Å². The van der Waals surface area contributed by atoms with E-state index in [0.717, 1.165) is 11.3 Å². The van der Waals surface area contributed by atoms with E-state index in [2.05, 4.69) is 17.0 Å². The Labute approximate surface area is 195 Å². The molecule has 8 heteroatoms. The van der Waals surface area contributed by atoms with Gasteiger partial charge in [-0.2, -0.15) is 5.10 Å². The zero-order chi connectivity index (χ0) is 23.2. The molecule has 168 valence electrons. The van der Waals surface area contributed by atoms with Crippen molar-refractivity contribution in [2.75, 3.05) is 5.32 Å². The summed E-state index contributed by atoms with van der Waals surface area (Å²) in [5, 5.41) is 7.18. The quantitative estimate of drug-likeness (QED) is 0.313. The first-order chi connectivity index (χ1) is 16.0. The fraction of sp³-hybridized carbons (Fsp3) is 0.120. The van der Waals surface area contributed by atoms with Crippen molar-refractivity contribution in [2.24, 2.45) is 0 Å². The van der Waals surface area contributed by atoms with E-state index in [1.54, 1.807) is 30.5 Å². The molecule has 0 fully saturated rings. The largest absolute Gasteiger partial charge is 0.485 e. The van der Waals surface area contributed by atoms with Gasteiger partial charge in [-0.05, 0) is 42.3 Å². The third-order valence-electron chi connectivity index (χ3n) is 4.87. The number of hydrogen-bond acceptors (Lipinski definition) is 4. The number of nitrogens with one attached hydrogen (secondary N) is 1. The van der Waals surface area contributed by atoms with E-state index in [-0.39, 0.29) is 18.9 Å². The van der Waals surface area contributed by atoms with Crippen LogP contribution in [0.2, 0.25) is 5.02 Å². The molecule has 0 spiro atoms. The van der Waals surface area contributed by atoms with Gasteiger partial charge in [-0.15, -0.1) is 6.58 Å². The number of nitrogens with zero attached hydrogens (tertiary/aromatic N) is 2. The van der Waals surface area contributed by atoms with E-state index < -0.39 is 11.7 Å². The van der Waals surface area contributed by atoms with E-state index in [1.165, 1.54) is 16.9 Å². The third kappa shape index (κ3) is 5.51. The number of halogens is 2. The second kappa shape index (κ2) is 10.2. The lowest BCUT2D eigenvalue weighted by Crippen LogP contribution is -2.10. The zero-order valence-electron chi connectivity index (χ0n) is 17.6. The second-order valence-corrected chi connectivity index (χ2v) is 7.64. The topological polar surface area (TPSA) is 69.3 Å². The third-order valence-corrected chi connectivity index (χ3v) is 5.22. The monoisotopic (exact) mass is 465 g/mol. The van der Waals surface area contributed by atoms with Crippen LogP contribution in [-0.2, 0) is 19.6 Å². The van der Waals surface area contributed by atoms with Crippen molar-refractivity contribution in [3.05, 3.63) is 113 Å². The number of ether oxygens (including phenoxy) is 1. The molecule has 2 aromatic carbocycles. The molecule has 2 aromatic heterocycles. The molecule has 0 aliphatic carbocycles. The molecule has 6 nitrogen and oxygen atoms in total. The number of allylic oxidation sites excluding steroid dienone is 1. The Bertz CT molecular complexity index is 1260. The lowest BCUT2D eigenvalue weighted by molar-refractivity contribution is 0.0992. The number of carbonyl (C=O) groups excluding carboxylic acids is 1. The van der Waals surface area contributed by atoms with Crippen molar-refractivity contribution in [1.29, 1.82) is 0 Å². The van der Waals surface area contributed by atoms with Crippen molar-refractivity contribution in [2.45, 2.75) is 19.6 Å². The minimum absolute atomic E-state index is 0.136. The summed E-state index contributed by atoms with van der Waals surface area (Å²) in [5.41, 5.74) is 1.79. The van der Waals surface area contributed by atoms with Crippen molar-refractivity contribution < 1.29 is 18.3 Å². The summed E-state index contributed by atoms with van der Waals surface area (Å²) in [6.45, 7) is 4.07. The number of anilines is 1. The predicted molar refractivity (Wildman–Crippen MR) is 124 cm³/mol. The summed E-state index contributed by atoms with van der Waals surface area (Å²) >= 11 is 6.06. The standard InChI is InChI=1S/C25H21ClFN3O3/c1-2-6-17-7-3-4-10-23(17)32-16-19-11-12-24(33-19)25(31)29-18-13-28-30(14-18)15-20-21(26)8-5-9-22(20)27/h2-5,7-14H,1,6,15-16H2,(H,29,31). The van der Waals surface area contributed by atoms with Gasteiger partial charge in [0.2, 0.25) is 0 Å². The van der Waals surface area contributed by atoms with Gasteiger partial charge in [0, 0.05) is 16.8 Å². The highest BCUT2D eigenvalue weighted by molar-refractivity contribution is 6.31. The van der Waals surface area contributed by atoms with Crippen LogP contribution in [0.15, 0.2) is 84.1 Å². The van der Waals surface area contributed by atoms with Crippen molar-refractivity contribution in [1.82, 2.24) is 9.78 Å². The van der Waals surface area contributed by atoms with Crippen LogP contribution in [0, 0.1) is 5.82 Å². The fourth-order valence-corrected chi connectivity index (χ4v) is 3.47. The van der Waals surface area contributed by atoms with Crippen LogP contribution in [0.25, 0.3) is 0 Å². The lowest BCUT2D eigenvalue weighted by atomic mass is 10.1. The van der Waals surface area contributed by atoms with Crippen LogP contribution < -0.4 is 10.1 Å². The Morgan fingerprint density at radius 3 is 2.88 bits per heavy atom. The summed E-state index contributed by atoms with van der Waals surface area (Å²) in [7, 11) is 0. The van der Waals surface area contributed by atoms with E-state index in [0.29, 0.717) is 28.5 Å². The molecule has 0 saturated carbocycles. The summed E-state index contributed by atoms with van der Waals surface area (Å²) in [5.74, 6) is 0.538. The Hall–Kier alpha value is -3.84. The number of benzene rings is 2. The molecule has 0 unspecified atom stereocenters. The van der Waals surface area contributed by atoms with Gasteiger partial charge < -0.3 is 14.5 Å². The summed E-state index contributed by atoms with van der Waals surface area (Å²) in [4.78, 5) is 12.5. The Morgan fingerprint density at radius 2 is 2.06 bits per heavy atom. The molecule has 1 N–H and O–H groups in total. The molecule has 1 amide bonds. The molecule has 0 aliphatic heterocycles. The fourth-order valence-electron chi connectivity index (χ4n) is 3.25. The average Bonchev–Trinajstić information content (AvgIpc) is 3.46. The highest BCUT2D eigenvalue weighted by Crippen LogP contribution is 2.22. The number of para-hydroxylation sites is 1. The van der Waals surface area contributed by atoms with Gasteiger partial charge in [-0.1, -0.05) is 41.9 Å². The Kier molecular flexibility index (Phi) is 6.90. The number of hydrogen-bond donors (Lipinski definition) is 1. The maximum absolute atomic E-state index is 14.0. The van der Waals surface area contributed by atoms with Gasteiger partial charge in [0.25, 0.3) is 5.91 Å². The zero-order valence-corrected chi connectivity index (χ0v) is 18.4. The van der Waals surface area contributed by atoms with Crippen molar-refractivity contribution in [3.8, 4) is 5.75 Å². The van der Waals surface area contributed by atoms with Gasteiger partial charge in [-0.3, -0.25) is 9.48 Å². The van der Waals surface area contributed by atoms with Crippen LogP contribution in [0.1, 0.15) is 27.4 Å². The normalized spacial score (nSPS) is 10.7. The van der Waals surface area contributed by atoms with Gasteiger partial charge in [0.05, 0.1) is 18.4 Å². The number of aromatic nitrogens is 2. The summed E-state index contributed by atoms with van der Waals surface area (Å²) in [6, 6.07) is 15.4. The van der Waals surface area contributed by atoms with E-state index in [1.807, 2.05) is 30.3 Å². The Morgan fingerprint density at radius 1 is 1.21 bits per heavy atom. The molecule has 0 radical (unpaired) electrons. The van der Waals surface area contributed by atoms with Gasteiger partial charge >= 0.3 is 0 Å². The van der Waals surface area contributed by atoms with Gasteiger partial charge in [0.1, 0.15) is 23.9 Å². The van der Waals surface area contributed by atoms with Crippen LogP contribution in [0.4, 0.5) is 10.1 Å². The highest BCUT2D eigenvalue weighted by atomic mass is 35.5. The SMILES string of the molecule is C=CCc1ccccc1OCc1ccc(C(=O)Nc2cnn(Cc3c(F)cccc3Cl)c2)o1. The molecule has 0 atom stereocenters. The smallest absolute Gasteiger partial charge is 0.291 e. The lowest BCUT2D eigenvalue weighted by Gasteiger charge is -2.08. The second-order valence-electron chi connectivity index (χ2n) is 7.24. The molecule has 0 bridgehead atoms. The van der Waals surface area contributed by atoms with Crippen LogP contribution in [-0.4, -0.2) is 15.7 Å². The first-order valence-corrected chi connectivity index (χ1v) is 10.6. The maximum Gasteiger partial charge on any atom is 0.291 e.